The number of allylic oxidation sites excluding steroid dienone is 1. The van der Waals surface area contributed by atoms with E-state index in [1.807, 2.05) is 49.5 Å². The Labute approximate surface area is 182 Å². The summed E-state index contributed by atoms with van der Waals surface area (Å²) in [5.74, 6) is 1.78. The van der Waals surface area contributed by atoms with Gasteiger partial charge in [0.15, 0.2) is 5.84 Å². The van der Waals surface area contributed by atoms with Gasteiger partial charge in [-0.1, -0.05) is 37.1 Å². The van der Waals surface area contributed by atoms with E-state index in [0.717, 1.165) is 59.8 Å². The molecule has 0 atom stereocenters. The number of unbranched alkanes of at least 4 members (excludes halogenated alkanes) is 1. The Balaban J connectivity index is 1.65. The third-order valence-corrected chi connectivity index (χ3v) is 5.47. The zero-order valence-corrected chi connectivity index (χ0v) is 18.2. The van der Waals surface area contributed by atoms with Crippen LogP contribution in [0.25, 0.3) is 10.9 Å². The molecule has 2 aromatic carbocycles. The van der Waals surface area contributed by atoms with Crippen molar-refractivity contribution in [3.8, 4) is 0 Å². The molecule has 0 amide bonds. The molecule has 0 fully saturated rings. The summed E-state index contributed by atoms with van der Waals surface area (Å²) >= 11 is 6.20. The number of aliphatic imine (C=N–C) groups is 2. The predicted octanol–water partition coefficient (Wildman–Crippen LogP) is 6.43. The van der Waals surface area contributed by atoms with E-state index in [9.17, 15) is 0 Å². The first kappa shape index (κ1) is 20.4. The zero-order valence-electron chi connectivity index (χ0n) is 17.4. The lowest BCUT2D eigenvalue weighted by Gasteiger charge is -2.20. The fourth-order valence-electron chi connectivity index (χ4n) is 3.68. The number of nitrogens with zero attached hydrogens (tertiary/aromatic N) is 4. The van der Waals surface area contributed by atoms with Crippen molar-refractivity contribution in [1.82, 2.24) is 15.1 Å². The fourth-order valence-corrected chi connectivity index (χ4v) is 3.87. The van der Waals surface area contributed by atoms with Crippen LogP contribution in [0.1, 0.15) is 44.2 Å². The maximum Gasteiger partial charge on any atom is 0.154 e. The molecule has 6 heteroatoms. The number of halogens is 1. The van der Waals surface area contributed by atoms with Gasteiger partial charge >= 0.3 is 0 Å². The maximum atomic E-state index is 6.20. The molecule has 4 rings (SSSR count). The van der Waals surface area contributed by atoms with Crippen LogP contribution < -0.4 is 0 Å². The Bertz CT molecular complexity index is 1130. The van der Waals surface area contributed by atoms with Gasteiger partial charge in [-0.3, -0.25) is 5.10 Å². The number of H-pyrrole nitrogens is 1. The van der Waals surface area contributed by atoms with Crippen molar-refractivity contribution >= 4 is 39.9 Å². The van der Waals surface area contributed by atoms with Crippen LogP contribution in [0.4, 0.5) is 5.69 Å². The fraction of sp³-hybridized carbons (Fsp3) is 0.292. The van der Waals surface area contributed by atoms with Gasteiger partial charge in [-0.25, -0.2) is 9.98 Å². The predicted molar refractivity (Wildman–Crippen MR) is 126 cm³/mol. The van der Waals surface area contributed by atoms with E-state index < -0.39 is 0 Å². The Morgan fingerprint density at radius 1 is 1.20 bits per heavy atom. The molecule has 0 radical (unpaired) electrons. The zero-order chi connectivity index (χ0) is 20.9. The van der Waals surface area contributed by atoms with Crippen LogP contribution in [0, 0.1) is 0 Å². The van der Waals surface area contributed by atoms with Gasteiger partial charge in [-0.05, 0) is 60.9 Å². The SMILES string of the molecule is C/C=C\C(=Nc1ccc2[nH]ncc2c1)N=C(CCCC)N1Cc2ccc(Cl)cc2C1. The van der Waals surface area contributed by atoms with Gasteiger partial charge in [0.25, 0.3) is 0 Å². The van der Waals surface area contributed by atoms with Gasteiger partial charge in [-0.2, -0.15) is 5.10 Å². The van der Waals surface area contributed by atoms with Crippen molar-refractivity contribution < 1.29 is 0 Å². The van der Waals surface area contributed by atoms with E-state index in [2.05, 4.69) is 34.2 Å². The van der Waals surface area contributed by atoms with Crippen molar-refractivity contribution in [3.63, 3.8) is 0 Å². The third kappa shape index (κ3) is 4.62. The summed E-state index contributed by atoms with van der Waals surface area (Å²) in [5.41, 5.74) is 4.47. The molecule has 154 valence electrons. The molecule has 3 aromatic rings. The molecule has 1 aromatic heterocycles. The maximum absolute atomic E-state index is 6.20. The standard InChI is InChI=1S/C24H26ClN5/c1-3-5-7-24(30-15-17-8-9-20(25)12-19(17)16-30)28-23(6-4-2)27-21-10-11-22-18(13-21)14-26-29-22/h4,6,8-14H,3,5,7,15-16H2,1-2H3,(H,26,29)/b6-4-,27-23?,28-24?. The highest BCUT2D eigenvalue weighted by Gasteiger charge is 2.22. The molecule has 0 unspecified atom stereocenters. The highest BCUT2D eigenvalue weighted by molar-refractivity contribution is 6.30. The average Bonchev–Trinajstić information content (AvgIpc) is 3.37. The Hall–Kier alpha value is -2.92. The molecule has 0 aliphatic carbocycles. The number of nitrogens with one attached hydrogen (secondary N) is 1. The van der Waals surface area contributed by atoms with Crippen LogP contribution in [-0.2, 0) is 13.1 Å². The molecule has 1 aliphatic heterocycles. The summed E-state index contributed by atoms with van der Waals surface area (Å²) in [5, 5.41) is 8.89. The van der Waals surface area contributed by atoms with Crippen molar-refractivity contribution in [1.29, 1.82) is 0 Å². The van der Waals surface area contributed by atoms with E-state index in [1.165, 1.54) is 11.1 Å². The van der Waals surface area contributed by atoms with Crippen molar-refractivity contribution in [2.75, 3.05) is 0 Å². The highest BCUT2D eigenvalue weighted by atomic mass is 35.5. The number of amidine groups is 2. The monoisotopic (exact) mass is 419 g/mol. The van der Waals surface area contributed by atoms with Gasteiger partial charge < -0.3 is 4.90 Å². The average molecular weight is 420 g/mol. The number of aromatic nitrogens is 2. The summed E-state index contributed by atoms with van der Waals surface area (Å²) in [6.45, 7) is 5.89. The summed E-state index contributed by atoms with van der Waals surface area (Å²) < 4.78 is 0. The topological polar surface area (TPSA) is 56.6 Å². The number of hydrogen-bond donors (Lipinski definition) is 1. The summed E-state index contributed by atoms with van der Waals surface area (Å²) in [6.07, 6.45) is 8.90. The van der Waals surface area contributed by atoms with E-state index in [1.54, 1.807) is 0 Å². The molecule has 0 bridgehead atoms. The lowest BCUT2D eigenvalue weighted by atomic mass is 10.1. The normalized spacial score (nSPS) is 14.8. The first-order chi connectivity index (χ1) is 14.7. The molecular weight excluding hydrogens is 394 g/mol. The van der Waals surface area contributed by atoms with Crippen LogP contribution in [0.15, 0.2) is 64.7 Å². The minimum atomic E-state index is 0.709. The second-order valence-corrected chi connectivity index (χ2v) is 7.95. The molecule has 0 saturated heterocycles. The minimum Gasteiger partial charge on any atom is -0.351 e. The molecule has 0 saturated carbocycles. The quantitative estimate of drug-likeness (QED) is 0.382. The molecule has 1 aliphatic rings. The number of benzene rings is 2. The Morgan fingerprint density at radius 2 is 2.07 bits per heavy atom. The number of rotatable bonds is 5. The van der Waals surface area contributed by atoms with Crippen molar-refractivity contribution in [3.05, 3.63) is 70.9 Å². The summed E-state index contributed by atoms with van der Waals surface area (Å²) in [6, 6.07) is 12.2. The highest BCUT2D eigenvalue weighted by Crippen LogP contribution is 2.27. The second kappa shape index (κ2) is 9.26. The number of fused-ring (bicyclic) bond motifs is 2. The van der Waals surface area contributed by atoms with Crippen LogP contribution in [0.2, 0.25) is 5.02 Å². The second-order valence-electron chi connectivity index (χ2n) is 7.51. The van der Waals surface area contributed by atoms with E-state index in [0.29, 0.717) is 5.84 Å². The van der Waals surface area contributed by atoms with Gasteiger partial charge in [0.2, 0.25) is 0 Å². The van der Waals surface area contributed by atoms with E-state index in [4.69, 9.17) is 21.6 Å². The molecule has 1 N–H and O–H groups in total. The number of aromatic amines is 1. The lowest BCUT2D eigenvalue weighted by molar-refractivity contribution is 0.435. The smallest absolute Gasteiger partial charge is 0.154 e. The van der Waals surface area contributed by atoms with Crippen LogP contribution in [0.5, 0.6) is 0 Å². The summed E-state index contributed by atoms with van der Waals surface area (Å²) in [7, 11) is 0. The minimum absolute atomic E-state index is 0.709. The van der Waals surface area contributed by atoms with Crippen LogP contribution >= 0.6 is 11.6 Å². The van der Waals surface area contributed by atoms with Gasteiger partial charge in [-0.15, -0.1) is 0 Å². The van der Waals surface area contributed by atoms with Gasteiger partial charge in [0.05, 0.1) is 17.4 Å². The third-order valence-electron chi connectivity index (χ3n) is 5.24. The Morgan fingerprint density at radius 3 is 2.90 bits per heavy atom. The van der Waals surface area contributed by atoms with Gasteiger partial charge in [0.1, 0.15) is 5.84 Å². The van der Waals surface area contributed by atoms with Crippen LogP contribution in [0.3, 0.4) is 0 Å². The van der Waals surface area contributed by atoms with Crippen LogP contribution in [-0.4, -0.2) is 26.8 Å². The molecule has 5 nitrogen and oxygen atoms in total. The number of hydrogen-bond acceptors (Lipinski definition) is 2. The molecular formula is C24H26ClN5. The van der Waals surface area contributed by atoms with E-state index >= 15 is 0 Å². The molecule has 2 heterocycles. The van der Waals surface area contributed by atoms with Crippen molar-refractivity contribution in [2.24, 2.45) is 9.98 Å². The van der Waals surface area contributed by atoms with Crippen molar-refractivity contribution in [2.45, 2.75) is 46.2 Å². The largest absolute Gasteiger partial charge is 0.351 e. The van der Waals surface area contributed by atoms with Gasteiger partial charge in [0, 0.05) is 29.9 Å². The molecule has 30 heavy (non-hydrogen) atoms. The molecule has 0 spiro atoms. The first-order valence-electron chi connectivity index (χ1n) is 10.4. The first-order valence-corrected chi connectivity index (χ1v) is 10.8. The lowest BCUT2D eigenvalue weighted by Crippen LogP contribution is -2.26. The Kier molecular flexibility index (Phi) is 6.29. The van der Waals surface area contributed by atoms with E-state index in [-0.39, 0.29) is 0 Å². The summed E-state index contributed by atoms with van der Waals surface area (Å²) in [4.78, 5) is 12.2.